The van der Waals surface area contributed by atoms with E-state index in [2.05, 4.69) is 20.6 Å². The summed E-state index contributed by atoms with van der Waals surface area (Å²) in [6.07, 6.45) is 0.944. The van der Waals surface area contributed by atoms with Gasteiger partial charge in [0.15, 0.2) is 0 Å². The molecule has 0 saturated carbocycles. The number of nitriles is 1. The first-order chi connectivity index (χ1) is 10.6. The highest BCUT2D eigenvalue weighted by atomic mass is 16.1. The summed E-state index contributed by atoms with van der Waals surface area (Å²) in [5.74, 6) is 0.109. The largest absolute Gasteiger partial charge is 0.354 e. The van der Waals surface area contributed by atoms with Gasteiger partial charge in [-0.1, -0.05) is 13.0 Å². The van der Waals surface area contributed by atoms with Gasteiger partial charge in [-0.25, -0.2) is 9.97 Å². The number of benzene rings is 1. The maximum Gasteiger partial charge on any atom is 0.274 e. The lowest BCUT2D eigenvalue weighted by Crippen LogP contribution is -2.16. The fourth-order valence-corrected chi connectivity index (χ4v) is 1.86. The maximum atomic E-state index is 12.3. The van der Waals surface area contributed by atoms with Crippen molar-refractivity contribution in [2.75, 3.05) is 17.2 Å². The molecule has 0 spiro atoms. The maximum absolute atomic E-state index is 12.3. The van der Waals surface area contributed by atoms with Gasteiger partial charge in [-0.2, -0.15) is 5.26 Å². The summed E-state index contributed by atoms with van der Waals surface area (Å²) in [7, 11) is 0. The van der Waals surface area contributed by atoms with Crippen molar-refractivity contribution in [2.45, 2.75) is 20.3 Å². The molecule has 0 saturated heterocycles. The molecule has 1 heterocycles. The molecule has 112 valence electrons. The number of nitrogens with zero attached hydrogens (tertiary/aromatic N) is 3. The summed E-state index contributed by atoms with van der Waals surface area (Å²) < 4.78 is 0. The third-order valence-corrected chi connectivity index (χ3v) is 2.87. The molecule has 1 amide bonds. The number of hydrogen-bond acceptors (Lipinski definition) is 5. The molecule has 2 N–H and O–H groups in total. The van der Waals surface area contributed by atoms with Crippen molar-refractivity contribution in [3.63, 3.8) is 0 Å². The van der Waals surface area contributed by atoms with Crippen molar-refractivity contribution in [2.24, 2.45) is 0 Å². The molecule has 0 unspecified atom stereocenters. The van der Waals surface area contributed by atoms with Crippen LogP contribution in [0.5, 0.6) is 0 Å². The minimum Gasteiger partial charge on any atom is -0.354 e. The van der Waals surface area contributed by atoms with Crippen molar-refractivity contribution < 1.29 is 4.79 Å². The number of rotatable bonds is 5. The van der Waals surface area contributed by atoms with E-state index in [4.69, 9.17) is 5.26 Å². The van der Waals surface area contributed by atoms with E-state index < -0.39 is 0 Å². The van der Waals surface area contributed by atoms with E-state index in [9.17, 15) is 4.79 Å². The lowest BCUT2D eigenvalue weighted by atomic mass is 10.2. The van der Waals surface area contributed by atoms with Crippen LogP contribution in [0.2, 0.25) is 0 Å². The normalized spacial score (nSPS) is 9.86. The Morgan fingerprint density at radius 2 is 2.14 bits per heavy atom. The molecule has 0 aliphatic rings. The minimum absolute atomic E-state index is 0.286. The van der Waals surface area contributed by atoms with E-state index in [1.807, 2.05) is 19.9 Å². The Balaban J connectivity index is 2.18. The number of amides is 1. The Morgan fingerprint density at radius 1 is 1.32 bits per heavy atom. The van der Waals surface area contributed by atoms with Gasteiger partial charge in [0.25, 0.3) is 5.91 Å². The Kier molecular flexibility index (Phi) is 5.04. The average Bonchev–Trinajstić information content (AvgIpc) is 2.52. The molecule has 0 radical (unpaired) electrons. The van der Waals surface area contributed by atoms with Gasteiger partial charge >= 0.3 is 0 Å². The molecule has 2 aromatic rings. The van der Waals surface area contributed by atoms with Gasteiger partial charge < -0.3 is 10.6 Å². The molecule has 1 aromatic carbocycles. The predicted octanol–water partition coefficient (Wildman–Crippen LogP) is 2.73. The van der Waals surface area contributed by atoms with Crippen LogP contribution in [0.15, 0.2) is 30.3 Å². The highest BCUT2D eigenvalue weighted by Crippen LogP contribution is 2.12. The van der Waals surface area contributed by atoms with Crippen LogP contribution in [0.4, 0.5) is 11.6 Å². The summed E-state index contributed by atoms with van der Waals surface area (Å²) in [6.45, 7) is 4.60. The average molecular weight is 295 g/mol. The summed E-state index contributed by atoms with van der Waals surface area (Å²) in [6, 6.07) is 10.4. The number of nitrogens with one attached hydrogen (secondary N) is 2. The number of carbonyl (C=O) groups is 1. The van der Waals surface area contributed by atoms with E-state index in [1.54, 1.807) is 30.3 Å². The second-order valence-corrected chi connectivity index (χ2v) is 4.79. The zero-order chi connectivity index (χ0) is 15.9. The molecule has 0 aliphatic heterocycles. The van der Waals surface area contributed by atoms with Crippen molar-refractivity contribution in [1.29, 1.82) is 5.26 Å². The van der Waals surface area contributed by atoms with E-state index in [0.29, 0.717) is 22.9 Å². The van der Waals surface area contributed by atoms with Crippen molar-refractivity contribution in [1.82, 2.24) is 9.97 Å². The zero-order valence-corrected chi connectivity index (χ0v) is 12.6. The van der Waals surface area contributed by atoms with Crippen LogP contribution in [-0.2, 0) is 0 Å². The third-order valence-electron chi connectivity index (χ3n) is 2.87. The van der Waals surface area contributed by atoms with Gasteiger partial charge in [0.1, 0.15) is 5.69 Å². The van der Waals surface area contributed by atoms with Gasteiger partial charge in [0.05, 0.1) is 11.6 Å². The quantitative estimate of drug-likeness (QED) is 0.885. The fourth-order valence-electron chi connectivity index (χ4n) is 1.86. The summed E-state index contributed by atoms with van der Waals surface area (Å²) >= 11 is 0. The number of hydrogen-bond donors (Lipinski definition) is 2. The topological polar surface area (TPSA) is 90.7 Å². The van der Waals surface area contributed by atoms with Gasteiger partial charge in [0.2, 0.25) is 5.95 Å². The number of aryl methyl sites for hydroxylation is 1. The van der Waals surface area contributed by atoms with Crippen LogP contribution in [0, 0.1) is 18.3 Å². The lowest BCUT2D eigenvalue weighted by molar-refractivity contribution is 0.102. The van der Waals surface area contributed by atoms with E-state index >= 15 is 0 Å². The molecule has 1 aromatic heterocycles. The summed E-state index contributed by atoms with van der Waals surface area (Å²) in [4.78, 5) is 20.7. The highest BCUT2D eigenvalue weighted by molar-refractivity contribution is 6.03. The number of aromatic nitrogens is 2. The van der Waals surface area contributed by atoms with Crippen LogP contribution in [0.1, 0.15) is 35.1 Å². The SMILES string of the molecule is CCCNc1nc(C)cc(C(=O)Nc2cccc(C#N)c2)n1. The molecular formula is C16H17N5O. The zero-order valence-electron chi connectivity index (χ0n) is 12.6. The molecule has 0 aliphatic carbocycles. The molecule has 6 nitrogen and oxygen atoms in total. The Morgan fingerprint density at radius 3 is 2.86 bits per heavy atom. The van der Waals surface area contributed by atoms with Gasteiger partial charge in [-0.05, 0) is 37.6 Å². The first-order valence-corrected chi connectivity index (χ1v) is 7.03. The van der Waals surface area contributed by atoms with Crippen molar-refractivity contribution in [3.05, 3.63) is 47.3 Å². The van der Waals surface area contributed by atoms with Gasteiger partial charge in [-0.3, -0.25) is 4.79 Å². The molecule has 6 heteroatoms. The first kappa shape index (κ1) is 15.4. The smallest absolute Gasteiger partial charge is 0.274 e. The van der Waals surface area contributed by atoms with Gasteiger partial charge in [0, 0.05) is 17.9 Å². The number of anilines is 2. The van der Waals surface area contributed by atoms with Crippen LogP contribution < -0.4 is 10.6 Å². The fraction of sp³-hybridized carbons (Fsp3) is 0.250. The van der Waals surface area contributed by atoms with E-state index in [0.717, 1.165) is 13.0 Å². The van der Waals surface area contributed by atoms with Gasteiger partial charge in [-0.15, -0.1) is 0 Å². The lowest BCUT2D eigenvalue weighted by Gasteiger charge is -2.08. The molecule has 0 atom stereocenters. The van der Waals surface area contributed by atoms with E-state index in [-0.39, 0.29) is 11.6 Å². The van der Waals surface area contributed by atoms with Crippen LogP contribution in [-0.4, -0.2) is 22.4 Å². The molecule has 2 rings (SSSR count). The van der Waals surface area contributed by atoms with Crippen molar-refractivity contribution >= 4 is 17.5 Å². The van der Waals surface area contributed by atoms with Crippen LogP contribution >= 0.6 is 0 Å². The second kappa shape index (κ2) is 7.18. The van der Waals surface area contributed by atoms with E-state index in [1.165, 1.54) is 0 Å². The molecular weight excluding hydrogens is 278 g/mol. The Hall–Kier alpha value is -2.94. The minimum atomic E-state index is -0.333. The summed E-state index contributed by atoms with van der Waals surface area (Å²) in [5, 5.41) is 14.7. The standard InChI is InChI=1S/C16H17N5O/c1-3-7-18-16-19-11(2)8-14(21-16)15(22)20-13-6-4-5-12(9-13)10-17/h4-6,8-9H,3,7H2,1-2H3,(H,20,22)(H,18,19,21). The third kappa shape index (κ3) is 4.03. The van der Waals surface area contributed by atoms with Crippen molar-refractivity contribution in [3.8, 4) is 6.07 Å². The summed E-state index contributed by atoms with van der Waals surface area (Å²) in [5.41, 5.74) is 2.04. The molecule has 0 bridgehead atoms. The monoisotopic (exact) mass is 295 g/mol. The molecule has 22 heavy (non-hydrogen) atoms. The Bertz CT molecular complexity index is 721. The van der Waals surface area contributed by atoms with Crippen LogP contribution in [0.3, 0.4) is 0 Å². The Labute approximate surface area is 129 Å². The van der Waals surface area contributed by atoms with Crippen LogP contribution in [0.25, 0.3) is 0 Å². The number of carbonyl (C=O) groups excluding carboxylic acids is 1. The second-order valence-electron chi connectivity index (χ2n) is 4.79. The molecule has 0 fully saturated rings. The first-order valence-electron chi connectivity index (χ1n) is 7.03. The highest BCUT2D eigenvalue weighted by Gasteiger charge is 2.11. The predicted molar refractivity (Wildman–Crippen MR) is 84.7 cm³/mol.